The van der Waals surface area contributed by atoms with Gasteiger partial charge in [-0.15, -0.1) is 0 Å². The van der Waals surface area contributed by atoms with Gasteiger partial charge in [0.25, 0.3) is 0 Å². The summed E-state index contributed by atoms with van der Waals surface area (Å²) < 4.78 is 19.7. The van der Waals surface area contributed by atoms with Crippen molar-refractivity contribution in [3.05, 3.63) is 131 Å². The lowest BCUT2D eigenvalue weighted by Crippen LogP contribution is -2.65. The predicted molar refractivity (Wildman–Crippen MR) is 150 cm³/mol. The highest BCUT2D eigenvalue weighted by Gasteiger charge is 2.63. The Hall–Kier alpha value is -3.67. The van der Waals surface area contributed by atoms with E-state index in [4.69, 9.17) is 16.3 Å². The molecule has 1 aliphatic heterocycles. The van der Waals surface area contributed by atoms with Crippen molar-refractivity contribution >= 4 is 23.2 Å². The Bertz CT molecular complexity index is 1450. The number of aliphatic hydroxyl groups is 1. The number of hydrogen-bond donors (Lipinski definition) is 1. The monoisotopic (exact) mass is 541 g/mol. The number of rotatable bonds is 6. The van der Waals surface area contributed by atoms with E-state index in [9.17, 15) is 14.3 Å². The molecule has 4 nitrogen and oxygen atoms in total. The van der Waals surface area contributed by atoms with E-state index in [1.165, 1.54) is 12.1 Å². The van der Waals surface area contributed by atoms with Gasteiger partial charge in [0, 0.05) is 10.7 Å². The van der Waals surface area contributed by atoms with Gasteiger partial charge < -0.3 is 14.7 Å². The first-order valence-electron chi connectivity index (χ1n) is 13.2. The molecule has 0 radical (unpaired) electrons. The Labute approximate surface area is 232 Å². The van der Waals surface area contributed by atoms with Crippen LogP contribution in [0.15, 0.2) is 103 Å². The molecule has 1 saturated carbocycles. The van der Waals surface area contributed by atoms with Crippen molar-refractivity contribution in [1.82, 2.24) is 0 Å². The fourth-order valence-electron chi connectivity index (χ4n) is 6.12. The second kappa shape index (κ2) is 10.1. The molecule has 6 heteroatoms. The second-order valence-corrected chi connectivity index (χ2v) is 11.0. The van der Waals surface area contributed by atoms with Gasteiger partial charge in [0.05, 0.1) is 17.1 Å². The molecule has 1 saturated heterocycles. The van der Waals surface area contributed by atoms with Crippen LogP contribution in [0.1, 0.15) is 48.4 Å². The SMILES string of the molecule is O=C1N(c2ccc(F)cc2)[C@@H](c2ccc(OCc3ccccc3)cc2)C12CCC(O)(c1ccc(Cl)cc1)CC2. The summed E-state index contributed by atoms with van der Waals surface area (Å²) in [6.45, 7) is 0.469. The molecule has 0 aromatic heterocycles. The van der Waals surface area contributed by atoms with E-state index < -0.39 is 11.0 Å². The smallest absolute Gasteiger partial charge is 0.236 e. The van der Waals surface area contributed by atoms with Crippen molar-refractivity contribution in [1.29, 1.82) is 0 Å². The molecule has 1 atom stereocenters. The topological polar surface area (TPSA) is 49.8 Å². The van der Waals surface area contributed by atoms with Crippen molar-refractivity contribution < 1.29 is 19.0 Å². The summed E-state index contributed by atoms with van der Waals surface area (Å²) in [4.78, 5) is 15.6. The lowest BCUT2D eigenvalue weighted by atomic mass is 9.56. The van der Waals surface area contributed by atoms with E-state index in [2.05, 4.69) is 0 Å². The third-order valence-corrected chi connectivity index (χ3v) is 8.58. The van der Waals surface area contributed by atoms with Crippen LogP contribution in [0, 0.1) is 11.2 Å². The number of amides is 1. The number of carbonyl (C=O) groups is 1. The van der Waals surface area contributed by atoms with E-state index in [0.29, 0.717) is 43.0 Å². The molecule has 39 heavy (non-hydrogen) atoms. The molecule has 2 aliphatic rings. The Balaban J connectivity index is 1.27. The quantitative estimate of drug-likeness (QED) is 0.256. The van der Waals surface area contributed by atoms with E-state index >= 15 is 0 Å². The Kier molecular flexibility index (Phi) is 6.66. The maximum Gasteiger partial charge on any atom is 0.236 e. The minimum absolute atomic E-state index is 0.0154. The van der Waals surface area contributed by atoms with Crippen LogP contribution in [0.5, 0.6) is 5.75 Å². The summed E-state index contributed by atoms with van der Waals surface area (Å²) in [5.41, 5.74) is 1.91. The number of benzene rings is 4. The van der Waals surface area contributed by atoms with E-state index in [0.717, 1.165) is 22.4 Å². The highest BCUT2D eigenvalue weighted by molar-refractivity contribution is 6.30. The number of anilines is 1. The number of nitrogens with zero attached hydrogens (tertiary/aromatic N) is 1. The van der Waals surface area contributed by atoms with Gasteiger partial charge in [-0.2, -0.15) is 0 Å². The van der Waals surface area contributed by atoms with Crippen molar-refractivity contribution in [3.8, 4) is 5.75 Å². The number of β-lactam (4-membered cyclic amide) rings is 1. The molecule has 0 bridgehead atoms. The first-order valence-corrected chi connectivity index (χ1v) is 13.6. The Morgan fingerprint density at radius 1 is 0.846 bits per heavy atom. The van der Waals surface area contributed by atoms with Gasteiger partial charge in [-0.05, 0) is 90.9 Å². The maximum atomic E-state index is 13.8. The number of hydrogen-bond acceptors (Lipinski definition) is 3. The summed E-state index contributed by atoms with van der Waals surface area (Å²) in [6, 6.07) is 31.0. The third-order valence-electron chi connectivity index (χ3n) is 8.33. The second-order valence-electron chi connectivity index (χ2n) is 10.6. The van der Waals surface area contributed by atoms with Gasteiger partial charge in [-0.1, -0.05) is 66.2 Å². The zero-order valence-corrected chi connectivity index (χ0v) is 22.2. The van der Waals surface area contributed by atoms with Gasteiger partial charge >= 0.3 is 0 Å². The maximum absolute atomic E-state index is 13.8. The van der Waals surface area contributed by atoms with Crippen LogP contribution in [-0.4, -0.2) is 11.0 Å². The van der Waals surface area contributed by atoms with Gasteiger partial charge in [0.1, 0.15) is 18.2 Å². The average Bonchev–Trinajstić information content (AvgIpc) is 2.97. The van der Waals surface area contributed by atoms with Crippen LogP contribution in [-0.2, 0) is 17.0 Å². The fraction of sp³-hybridized carbons (Fsp3) is 0.242. The third kappa shape index (κ3) is 4.70. The molecule has 1 spiro atoms. The van der Waals surface area contributed by atoms with Crippen LogP contribution in [0.2, 0.25) is 5.02 Å². The summed E-state index contributed by atoms with van der Waals surface area (Å²) in [5.74, 6) is 0.418. The van der Waals surface area contributed by atoms with Gasteiger partial charge in [0.15, 0.2) is 0 Å². The van der Waals surface area contributed by atoms with E-state index in [-0.39, 0.29) is 17.8 Å². The van der Waals surface area contributed by atoms with Crippen LogP contribution >= 0.6 is 11.6 Å². The van der Waals surface area contributed by atoms with Gasteiger partial charge in [-0.25, -0.2) is 4.39 Å². The number of ether oxygens (including phenoxy) is 1. The van der Waals surface area contributed by atoms with Crippen molar-refractivity contribution in [3.63, 3.8) is 0 Å². The lowest BCUT2D eigenvalue weighted by molar-refractivity contribution is -0.149. The molecule has 4 aromatic rings. The molecule has 198 valence electrons. The number of halogens is 2. The standard InChI is InChI=1S/C33H29ClFNO3/c34-26-10-8-25(9-11-26)33(38)20-18-32(19-21-33)30(36(31(32)37)28-14-12-27(35)13-15-28)24-6-16-29(17-7-24)39-22-23-4-2-1-3-5-23/h1-17,30,38H,18-22H2/t30-,32?,33?/m0/s1. The summed E-state index contributed by atoms with van der Waals surface area (Å²) in [6.07, 6.45) is 2.01. The summed E-state index contributed by atoms with van der Waals surface area (Å²) in [5, 5.41) is 12.1. The largest absolute Gasteiger partial charge is 0.489 e. The Morgan fingerprint density at radius 2 is 1.49 bits per heavy atom. The Morgan fingerprint density at radius 3 is 2.13 bits per heavy atom. The summed E-state index contributed by atoms with van der Waals surface area (Å²) >= 11 is 6.06. The molecule has 6 rings (SSSR count). The molecule has 1 heterocycles. The van der Waals surface area contributed by atoms with Gasteiger partial charge in [0.2, 0.25) is 5.91 Å². The molecule has 1 N–H and O–H groups in total. The lowest BCUT2D eigenvalue weighted by Gasteiger charge is -2.59. The minimum Gasteiger partial charge on any atom is -0.489 e. The number of carbonyl (C=O) groups excluding carboxylic acids is 1. The first-order chi connectivity index (χ1) is 18.9. The molecule has 2 fully saturated rings. The van der Waals surface area contributed by atoms with Crippen LogP contribution in [0.4, 0.5) is 10.1 Å². The fourth-order valence-corrected chi connectivity index (χ4v) is 6.25. The average molecular weight is 542 g/mol. The zero-order valence-electron chi connectivity index (χ0n) is 21.4. The predicted octanol–water partition coefficient (Wildman–Crippen LogP) is 7.59. The van der Waals surface area contributed by atoms with Crippen molar-refractivity contribution in [2.24, 2.45) is 5.41 Å². The summed E-state index contributed by atoms with van der Waals surface area (Å²) in [7, 11) is 0. The van der Waals surface area contributed by atoms with Crippen molar-refractivity contribution in [2.45, 2.75) is 43.9 Å². The van der Waals surface area contributed by atoms with E-state index in [1.54, 1.807) is 29.2 Å². The van der Waals surface area contributed by atoms with E-state index in [1.807, 2.05) is 66.7 Å². The molecule has 1 amide bonds. The molecule has 0 unspecified atom stereocenters. The van der Waals surface area contributed by atoms with Gasteiger partial charge in [-0.3, -0.25) is 4.79 Å². The van der Waals surface area contributed by atoms with Crippen LogP contribution < -0.4 is 9.64 Å². The molecular formula is C33H29ClFNO3. The minimum atomic E-state index is -1.01. The molecule has 4 aromatic carbocycles. The first kappa shape index (κ1) is 25.6. The normalized spacial score (nSPS) is 24.4. The van der Waals surface area contributed by atoms with Crippen LogP contribution in [0.25, 0.3) is 0 Å². The highest BCUT2D eigenvalue weighted by atomic mass is 35.5. The zero-order chi connectivity index (χ0) is 27.0. The van der Waals surface area contributed by atoms with Crippen LogP contribution in [0.3, 0.4) is 0 Å². The molecule has 1 aliphatic carbocycles. The van der Waals surface area contributed by atoms with Crippen molar-refractivity contribution in [2.75, 3.05) is 4.90 Å². The molecular weight excluding hydrogens is 513 g/mol. The highest BCUT2D eigenvalue weighted by Crippen LogP contribution is 2.61.